The lowest BCUT2D eigenvalue weighted by Gasteiger charge is -2.33. The van der Waals surface area contributed by atoms with Gasteiger partial charge in [0.1, 0.15) is 18.3 Å². The van der Waals surface area contributed by atoms with Gasteiger partial charge in [0.25, 0.3) is 10.0 Å². The Kier molecular flexibility index (Phi) is 9.30. The highest BCUT2D eigenvalue weighted by Gasteiger charge is 2.33. The lowest BCUT2D eigenvalue weighted by molar-refractivity contribution is -0.140. The number of anilines is 1. The molecule has 0 bridgehead atoms. The Hall–Kier alpha value is -3.85. The Bertz CT molecular complexity index is 1290. The molecule has 8 nitrogen and oxygen atoms in total. The summed E-state index contributed by atoms with van der Waals surface area (Å²) in [7, 11) is -1.11. The Balaban J connectivity index is 2.04. The fourth-order valence-corrected chi connectivity index (χ4v) is 5.40. The fourth-order valence-electron chi connectivity index (χ4n) is 3.98. The zero-order chi connectivity index (χ0) is 27.0. The van der Waals surface area contributed by atoms with Crippen LogP contribution in [0.2, 0.25) is 0 Å². The van der Waals surface area contributed by atoms with E-state index in [1.165, 1.54) is 31.2 Å². The van der Waals surface area contributed by atoms with Crippen molar-refractivity contribution in [2.45, 2.75) is 37.8 Å². The van der Waals surface area contributed by atoms with Crippen LogP contribution in [0.4, 0.5) is 5.69 Å². The minimum absolute atomic E-state index is 0.0228. The number of hydrogen-bond donors (Lipinski definition) is 1. The normalized spacial score (nSPS) is 11.9. The molecule has 0 aliphatic heterocycles. The SMILES string of the molecule is CC[C@@H](C(=O)NC)N(Cc1ccccc1)C(=O)CN(c1ccc(C)cc1)S(=O)(=O)c1ccc(OC)cc1. The number of rotatable bonds is 11. The number of benzene rings is 3. The van der Waals surface area contributed by atoms with Crippen LogP contribution in [0.15, 0.2) is 83.8 Å². The van der Waals surface area contributed by atoms with Crippen molar-refractivity contribution in [3.63, 3.8) is 0 Å². The van der Waals surface area contributed by atoms with E-state index in [2.05, 4.69) is 5.32 Å². The summed E-state index contributed by atoms with van der Waals surface area (Å²) in [6.07, 6.45) is 0.369. The number of hydrogen-bond acceptors (Lipinski definition) is 5. The molecule has 0 spiro atoms. The number of nitrogens with zero attached hydrogens (tertiary/aromatic N) is 2. The van der Waals surface area contributed by atoms with Gasteiger partial charge in [0.2, 0.25) is 11.8 Å². The largest absolute Gasteiger partial charge is 0.497 e. The van der Waals surface area contributed by atoms with E-state index in [9.17, 15) is 18.0 Å². The Morgan fingerprint density at radius 3 is 2.11 bits per heavy atom. The van der Waals surface area contributed by atoms with Crippen molar-refractivity contribution < 1.29 is 22.7 Å². The molecular weight excluding hydrogens is 490 g/mol. The molecule has 9 heteroatoms. The summed E-state index contributed by atoms with van der Waals surface area (Å²) >= 11 is 0. The number of aryl methyl sites for hydroxylation is 1. The molecule has 196 valence electrons. The number of carbonyl (C=O) groups is 2. The zero-order valence-electron chi connectivity index (χ0n) is 21.5. The number of amides is 2. The van der Waals surface area contributed by atoms with Gasteiger partial charge in [0.15, 0.2) is 0 Å². The number of ether oxygens (including phenoxy) is 1. The first kappa shape index (κ1) is 27.7. The van der Waals surface area contributed by atoms with Crippen molar-refractivity contribution in [2.75, 3.05) is 25.0 Å². The first-order valence-corrected chi connectivity index (χ1v) is 13.4. The molecule has 0 aromatic heterocycles. The zero-order valence-corrected chi connectivity index (χ0v) is 22.4. The van der Waals surface area contributed by atoms with E-state index in [0.29, 0.717) is 17.9 Å². The molecular formula is C28H33N3O5S. The van der Waals surface area contributed by atoms with Gasteiger partial charge in [-0.2, -0.15) is 0 Å². The average molecular weight is 524 g/mol. The van der Waals surface area contributed by atoms with E-state index in [-0.39, 0.29) is 17.3 Å². The number of likely N-dealkylation sites (N-methyl/N-ethyl adjacent to an activating group) is 1. The average Bonchev–Trinajstić information content (AvgIpc) is 2.92. The number of carbonyl (C=O) groups excluding carboxylic acids is 2. The first-order chi connectivity index (χ1) is 17.7. The molecule has 0 fully saturated rings. The van der Waals surface area contributed by atoms with Crippen molar-refractivity contribution >= 4 is 27.5 Å². The van der Waals surface area contributed by atoms with Gasteiger partial charge < -0.3 is 15.0 Å². The van der Waals surface area contributed by atoms with E-state index in [1.807, 2.05) is 44.2 Å². The first-order valence-electron chi connectivity index (χ1n) is 12.0. The molecule has 3 rings (SSSR count). The Morgan fingerprint density at radius 2 is 1.57 bits per heavy atom. The summed E-state index contributed by atoms with van der Waals surface area (Å²) in [6, 6.07) is 21.5. The van der Waals surface area contributed by atoms with Gasteiger partial charge in [-0.05, 0) is 55.3 Å². The van der Waals surface area contributed by atoms with E-state index < -0.39 is 28.5 Å². The maximum atomic E-state index is 13.8. The third-order valence-electron chi connectivity index (χ3n) is 6.08. The standard InChI is InChI=1S/C28H33N3O5S/c1-5-26(28(33)29-3)30(19-22-9-7-6-8-10-22)27(32)20-31(23-13-11-21(2)12-14-23)37(34,35)25-17-15-24(36-4)16-18-25/h6-18,26H,5,19-20H2,1-4H3,(H,29,33)/t26-/m0/s1. The van der Waals surface area contributed by atoms with Crippen molar-refractivity contribution in [1.29, 1.82) is 0 Å². The summed E-state index contributed by atoms with van der Waals surface area (Å²) in [5, 5.41) is 2.62. The molecule has 0 aliphatic rings. The summed E-state index contributed by atoms with van der Waals surface area (Å²) in [5.41, 5.74) is 2.13. The maximum Gasteiger partial charge on any atom is 0.264 e. The second kappa shape index (κ2) is 12.4. The van der Waals surface area contributed by atoms with Crippen molar-refractivity contribution in [2.24, 2.45) is 0 Å². The van der Waals surface area contributed by atoms with Crippen LogP contribution in [0, 0.1) is 6.92 Å². The van der Waals surface area contributed by atoms with Gasteiger partial charge >= 0.3 is 0 Å². The maximum absolute atomic E-state index is 13.8. The molecule has 0 saturated heterocycles. The molecule has 1 atom stereocenters. The molecule has 0 radical (unpaired) electrons. The summed E-state index contributed by atoms with van der Waals surface area (Å²) in [5.74, 6) is -0.286. The van der Waals surface area contributed by atoms with Crippen LogP contribution in [-0.2, 0) is 26.2 Å². The van der Waals surface area contributed by atoms with E-state index >= 15 is 0 Å². The van der Waals surface area contributed by atoms with E-state index in [4.69, 9.17) is 4.74 Å². The summed E-state index contributed by atoms with van der Waals surface area (Å²) < 4.78 is 33.8. The Morgan fingerprint density at radius 1 is 0.946 bits per heavy atom. The van der Waals surface area contributed by atoms with Gasteiger partial charge in [0, 0.05) is 13.6 Å². The predicted molar refractivity (Wildman–Crippen MR) is 144 cm³/mol. The van der Waals surface area contributed by atoms with Gasteiger partial charge in [0.05, 0.1) is 17.7 Å². The molecule has 3 aromatic rings. The molecule has 0 unspecified atom stereocenters. The summed E-state index contributed by atoms with van der Waals surface area (Å²) in [6.45, 7) is 3.40. The summed E-state index contributed by atoms with van der Waals surface area (Å²) in [4.78, 5) is 28.0. The fraction of sp³-hybridized carbons (Fsp3) is 0.286. The van der Waals surface area contributed by atoms with Crippen molar-refractivity contribution in [1.82, 2.24) is 10.2 Å². The second-order valence-electron chi connectivity index (χ2n) is 8.57. The van der Waals surface area contributed by atoms with Gasteiger partial charge in [-0.3, -0.25) is 13.9 Å². The predicted octanol–water partition coefficient (Wildman–Crippen LogP) is 3.75. The lowest BCUT2D eigenvalue weighted by Crippen LogP contribution is -2.51. The van der Waals surface area contributed by atoms with Crippen LogP contribution < -0.4 is 14.4 Å². The van der Waals surface area contributed by atoms with Gasteiger partial charge in [-0.1, -0.05) is 55.0 Å². The van der Waals surface area contributed by atoms with Crippen LogP contribution >= 0.6 is 0 Å². The van der Waals surface area contributed by atoms with Crippen molar-refractivity contribution in [3.05, 3.63) is 90.0 Å². The lowest BCUT2D eigenvalue weighted by atomic mass is 10.1. The molecule has 0 saturated carbocycles. The highest BCUT2D eigenvalue weighted by atomic mass is 32.2. The topological polar surface area (TPSA) is 96.0 Å². The molecule has 1 N–H and O–H groups in total. The van der Waals surface area contributed by atoms with Gasteiger partial charge in [-0.25, -0.2) is 8.42 Å². The number of methoxy groups -OCH3 is 1. The highest BCUT2D eigenvalue weighted by Crippen LogP contribution is 2.26. The van der Waals surface area contributed by atoms with Crippen LogP contribution in [0.25, 0.3) is 0 Å². The van der Waals surface area contributed by atoms with E-state index in [1.54, 1.807) is 36.4 Å². The number of nitrogens with one attached hydrogen (secondary N) is 1. The van der Waals surface area contributed by atoms with Crippen LogP contribution in [0.1, 0.15) is 24.5 Å². The van der Waals surface area contributed by atoms with Crippen LogP contribution in [0.3, 0.4) is 0 Å². The minimum Gasteiger partial charge on any atom is -0.497 e. The minimum atomic E-state index is -4.12. The third kappa shape index (κ3) is 6.68. The van der Waals surface area contributed by atoms with Crippen LogP contribution in [-0.4, -0.2) is 51.9 Å². The quantitative estimate of drug-likeness (QED) is 0.413. The smallest absolute Gasteiger partial charge is 0.264 e. The third-order valence-corrected chi connectivity index (χ3v) is 7.86. The molecule has 3 aromatic carbocycles. The molecule has 37 heavy (non-hydrogen) atoms. The van der Waals surface area contributed by atoms with E-state index in [0.717, 1.165) is 15.4 Å². The monoisotopic (exact) mass is 523 g/mol. The molecule has 0 aliphatic carbocycles. The van der Waals surface area contributed by atoms with Crippen LogP contribution in [0.5, 0.6) is 5.75 Å². The Labute approximate surface area is 218 Å². The van der Waals surface area contributed by atoms with Crippen molar-refractivity contribution in [3.8, 4) is 5.75 Å². The molecule has 2 amide bonds. The molecule has 0 heterocycles. The highest BCUT2D eigenvalue weighted by molar-refractivity contribution is 7.92. The van der Waals surface area contributed by atoms with Gasteiger partial charge in [-0.15, -0.1) is 0 Å². The number of sulfonamides is 1. The second-order valence-corrected chi connectivity index (χ2v) is 10.4.